The van der Waals surface area contributed by atoms with Crippen molar-refractivity contribution in [3.05, 3.63) is 35.7 Å². The van der Waals surface area contributed by atoms with Crippen molar-refractivity contribution in [3.8, 4) is 28.5 Å². The number of hydrogen-bond donors (Lipinski definition) is 1. The van der Waals surface area contributed by atoms with Crippen molar-refractivity contribution in [3.63, 3.8) is 0 Å². The second-order valence-corrected chi connectivity index (χ2v) is 7.69. The van der Waals surface area contributed by atoms with E-state index in [9.17, 15) is 18.0 Å². The van der Waals surface area contributed by atoms with Gasteiger partial charge >= 0.3 is 6.18 Å². The highest BCUT2D eigenvalue weighted by Gasteiger charge is 2.36. The van der Waals surface area contributed by atoms with E-state index in [4.69, 9.17) is 14.2 Å². The van der Waals surface area contributed by atoms with Gasteiger partial charge in [-0.3, -0.25) is 4.79 Å². The molecule has 1 aromatic carbocycles. The van der Waals surface area contributed by atoms with E-state index >= 15 is 0 Å². The number of carbonyl (C=O) groups is 1. The normalized spacial score (nSPS) is 14.5. The zero-order valence-electron chi connectivity index (χ0n) is 18.3. The molecule has 0 unspecified atom stereocenters. The number of nitrogens with one attached hydrogen (secondary N) is 1. The van der Waals surface area contributed by atoms with E-state index in [1.165, 1.54) is 33.5 Å². The minimum Gasteiger partial charge on any atom is -0.493 e. The van der Waals surface area contributed by atoms with Crippen LogP contribution in [0, 0.1) is 0 Å². The SMILES string of the molecule is COc1cc(-c2cc(C(F)(F)F)n3ncc(C(=O)NC4CCCC4)c3n2)cc(OC)c1OC. The van der Waals surface area contributed by atoms with E-state index < -0.39 is 17.8 Å². The fraction of sp³-hybridized carbons (Fsp3) is 0.409. The van der Waals surface area contributed by atoms with Crippen LogP contribution in [-0.2, 0) is 6.18 Å². The molecule has 1 amide bonds. The fourth-order valence-corrected chi connectivity index (χ4v) is 4.04. The van der Waals surface area contributed by atoms with Gasteiger partial charge in [0.15, 0.2) is 22.8 Å². The van der Waals surface area contributed by atoms with Crippen molar-refractivity contribution in [2.24, 2.45) is 0 Å². The molecule has 0 bridgehead atoms. The van der Waals surface area contributed by atoms with Crippen LogP contribution in [0.2, 0.25) is 0 Å². The standard InChI is InChI=1S/C22H23F3N4O4/c1-31-16-8-12(9-17(32-2)19(16)33-3)15-10-18(22(23,24)25)29-20(28-15)14(11-26-29)21(30)27-13-6-4-5-7-13/h8-11,13H,4-7H2,1-3H3,(H,27,30). The van der Waals surface area contributed by atoms with E-state index in [-0.39, 0.29) is 34.4 Å². The topological polar surface area (TPSA) is 87.0 Å². The Bertz CT molecular complexity index is 1160. The van der Waals surface area contributed by atoms with Crippen LogP contribution in [-0.4, -0.2) is 47.9 Å². The van der Waals surface area contributed by atoms with Crippen LogP contribution in [0.25, 0.3) is 16.9 Å². The van der Waals surface area contributed by atoms with Crippen LogP contribution in [0.1, 0.15) is 41.7 Å². The number of methoxy groups -OCH3 is 3. The van der Waals surface area contributed by atoms with Crippen LogP contribution in [0.4, 0.5) is 13.2 Å². The predicted molar refractivity (Wildman–Crippen MR) is 113 cm³/mol. The first-order valence-corrected chi connectivity index (χ1v) is 10.3. The van der Waals surface area contributed by atoms with Crippen molar-refractivity contribution in [1.82, 2.24) is 19.9 Å². The molecule has 3 aromatic rings. The zero-order valence-corrected chi connectivity index (χ0v) is 18.3. The van der Waals surface area contributed by atoms with Gasteiger partial charge in [0.1, 0.15) is 5.56 Å². The first-order valence-electron chi connectivity index (χ1n) is 10.3. The number of carbonyl (C=O) groups excluding carboxylic acids is 1. The Hall–Kier alpha value is -3.50. The van der Waals surface area contributed by atoms with Gasteiger partial charge in [-0.05, 0) is 31.0 Å². The molecule has 4 rings (SSSR count). The van der Waals surface area contributed by atoms with E-state index in [0.717, 1.165) is 37.9 Å². The minimum absolute atomic E-state index is 0.00664. The van der Waals surface area contributed by atoms with E-state index in [1.54, 1.807) is 0 Å². The molecule has 11 heteroatoms. The lowest BCUT2D eigenvalue weighted by atomic mass is 10.1. The molecular formula is C22H23F3N4O4. The summed E-state index contributed by atoms with van der Waals surface area (Å²) in [5, 5.41) is 6.69. The summed E-state index contributed by atoms with van der Waals surface area (Å²) in [5.74, 6) is 0.311. The largest absolute Gasteiger partial charge is 0.493 e. The lowest BCUT2D eigenvalue weighted by molar-refractivity contribution is -0.142. The predicted octanol–water partition coefficient (Wildman–Crippen LogP) is 4.11. The van der Waals surface area contributed by atoms with Gasteiger partial charge < -0.3 is 19.5 Å². The molecule has 0 radical (unpaired) electrons. The van der Waals surface area contributed by atoms with E-state index in [1.807, 2.05) is 0 Å². The summed E-state index contributed by atoms with van der Waals surface area (Å²) in [7, 11) is 4.23. The molecule has 176 valence electrons. The van der Waals surface area contributed by atoms with Crippen LogP contribution in [0.15, 0.2) is 24.4 Å². The summed E-state index contributed by atoms with van der Waals surface area (Å²) in [5.41, 5.74) is -1.01. The lowest BCUT2D eigenvalue weighted by Crippen LogP contribution is -2.32. The van der Waals surface area contributed by atoms with Crippen LogP contribution in [0.5, 0.6) is 17.2 Å². The van der Waals surface area contributed by atoms with Crippen molar-refractivity contribution in [2.75, 3.05) is 21.3 Å². The molecule has 0 spiro atoms. The number of benzene rings is 1. The highest BCUT2D eigenvalue weighted by Crippen LogP contribution is 2.42. The molecule has 8 nitrogen and oxygen atoms in total. The van der Waals surface area contributed by atoms with Gasteiger partial charge in [0.25, 0.3) is 5.91 Å². The van der Waals surface area contributed by atoms with Gasteiger partial charge in [-0.1, -0.05) is 12.8 Å². The van der Waals surface area contributed by atoms with Crippen molar-refractivity contribution in [1.29, 1.82) is 0 Å². The summed E-state index contributed by atoms with van der Waals surface area (Å²) in [4.78, 5) is 17.2. The summed E-state index contributed by atoms with van der Waals surface area (Å²) >= 11 is 0. The molecule has 2 aromatic heterocycles. The molecule has 1 N–H and O–H groups in total. The van der Waals surface area contributed by atoms with E-state index in [2.05, 4.69) is 15.4 Å². The van der Waals surface area contributed by atoms with Crippen molar-refractivity contribution >= 4 is 11.6 Å². The maximum atomic E-state index is 13.9. The third-order valence-corrected chi connectivity index (χ3v) is 5.66. The molecule has 0 aliphatic heterocycles. The minimum atomic E-state index is -4.73. The second-order valence-electron chi connectivity index (χ2n) is 7.69. The summed E-state index contributed by atoms with van der Waals surface area (Å²) in [6.07, 6.45) is 0.0529. The highest BCUT2D eigenvalue weighted by atomic mass is 19.4. The van der Waals surface area contributed by atoms with Crippen molar-refractivity contribution < 1.29 is 32.2 Å². The molecular weight excluding hydrogens is 441 g/mol. The van der Waals surface area contributed by atoms with Gasteiger partial charge in [0, 0.05) is 11.6 Å². The van der Waals surface area contributed by atoms with Gasteiger partial charge in [-0.15, -0.1) is 0 Å². The average molecular weight is 464 g/mol. The monoisotopic (exact) mass is 464 g/mol. The lowest BCUT2D eigenvalue weighted by Gasteiger charge is -2.16. The number of rotatable bonds is 6. The Labute approximate surface area is 187 Å². The maximum Gasteiger partial charge on any atom is 0.433 e. The molecule has 1 aliphatic carbocycles. The summed E-state index contributed by atoms with van der Waals surface area (Å²) in [6, 6.07) is 3.86. The Kier molecular flexibility index (Phi) is 6.05. The van der Waals surface area contributed by atoms with Crippen LogP contribution < -0.4 is 19.5 Å². The number of alkyl halides is 3. The highest BCUT2D eigenvalue weighted by molar-refractivity contribution is 6.00. The Balaban J connectivity index is 1.88. The number of ether oxygens (including phenoxy) is 3. The average Bonchev–Trinajstić information content (AvgIpc) is 3.46. The first kappa shape index (κ1) is 22.7. The van der Waals surface area contributed by atoms with Gasteiger partial charge in [0.2, 0.25) is 5.75 Å². The number of amides is 1. The van der Waals surface area contributed by atoms with E-state index in [0.29, 0.717) is 15.8 Å². The third-order valence-electron chi connectivity index (χ3n) is 5.66. The molecule has 33 heavy (non-hydrogen) atoms. The molecule has 2 heterocycles. The van der Waals surface area contributed by atoms with Gasteiger partial charge in [0.05, 0.1) is 33.2 Å². The zero-order chi connectivity index (χ0) is 23.8. The van der Waals surface area contributed by atoms with Gasteiger partial charge in [-0.2, -0.15) is 18.3 Å². The smallest absolute Gasteiger partial charge is 0.433 e. The third kappa shape index (κ3) is 4.27. The summed E-state index contributed by atoms with van der Waals surface area (Å²) in [6.45, 7) is 0. The van der Waals surface area contributed by atoms with Crippen LogP contribution >= 0.6 is 0 Å². The molecule has 1 aliphatic rings. The molecule has 1 fully saturated rings. The molecule has 1 saturated carbocycles. The Morgan fingerprint density at radius 3 is 2.24 bits per heavy atom. The number of hydrogen-bond acceptors (Lipinski definition) is 6. The fourth-order valence-electron chi connectivity index (χ4n) is 4.04. The second kappa shape index (κ2) is 8.80. The number of aromatic nitrogens is 3. The number of halogens is 3. The number of fused-ring (bicyclic) bond motifs is 1. The van der Waals surface area contributed by atoms with Gasteiger partial charge in [-0.25, -0.2) is 9.50 Å². The Morgan fingerprint density at radius 2 is 1.70 bits per heavy atom. The number of nitrogens with zero attached hydrogens (tertiary/aromatic N) is 3. The molecule has 0 atom stereocenters. The molecule has 0 saturated heterocycles. The maximum absolute atomic E-state index is 13.9. The van der Waals surface area contributed by atoms with Crippen LogP contribution in [0.3, 0.4) is 0 Å². The Morgan fingerprint density at radius 1 is 1.06 bits per heavy atom. The summed E-state index contributed by atoms with van der Waals surface area (Å²) < 4.78 is 58.3. The first-order chi connectivity index (χ1) is 15.8. The quantitative estimate of drug-likeness (QED) is 0.591. The van der Waals surface area contributed by atoms with Crippen molar-refractivity contribution in [2.45, 2.75) is 37.9 Å².